The lowest BCUT2D eigenvalue weighted by atomic mass is 9.85. The van der Waals surface area contributed by atoms with Gasteiger partial charge in [-0.25, -0.2) is 0 Å². The maximum absolute atomic E-state index is 13.0. The molecular formula is C24H29N5O2. The van der Waals surface area contributed by atoms with E-state index in [-0.39, 0.29) is 12.5 Å². The molecule has 0 radical (unpaired) electrons. The zero-order valence-electron chi connectivity index (χ0n) is 18.3. The predicted octanol–water partition coefficient (Wildman–Crippen LogP) is 3.77. The summed E-state index contributed by atoms with van der Waals surface area (Å²) >= 11 is 0. The van der Waals surface area contributed by atoms with Gasteiger partial charge in [0.05, 0.1) is 0 Å². The molecule has 3 aromatic rings. The molecule has 162 valence electrons. The first-order valence-corrected chi connectivity index (χ1v) is 11.2. The number of nitrogens with zero attached hydrogens (tertiary/aromatic N) is 5. The van der Waals surface area contributed by atoms with Gasteiger partial charge in [0, 0.05) is 44.0 Å². The Bertz CT molecular complexity index is 1070. The average Bonchev–Trinajstić information content (AvgIpc) is 3.38. The number of rotatable bonds is 5. The Morgan fingerprint density at radius 1 is 1.10 bits per heavy atom. The monoisotopic (exact) mass is 419 g/mol. The first kappa shape index (κ1) is 19.8. The quantitative estimate of drug-likeness (QED) is 0.630. The molecule has 1 saturated carbocycles. The fourth-order valence-electron chi connectivity index (χ4n) is 4.41. The minimum absolute atomic E-state index is 0.122. The summed E-state index contributed by atoms with van der Waals surface area (Å²) < 4.78 is 7.82. The summed E-state index contributed by atoms with van der Waals surface area (Å²) in [6.07, 6.45) is 5.38. The van der Waals surface area contributed by atoms with Gasteiger partial charge in [-0.3, -0.25) is 4.79 Å². The number of aromatic nitrogens is 3. The van der Waals surface area contributed by atoms with E-state index in [2.05, 4.69) is 47.1 Å². The largest absolute Gasteiger partial charge is 0.419 e. The van der Waals surface area contributed by atoms with Crippen molar-refractivity contribution in [3.8, 4) is 11.6 Å². The number of hydrogen-bond acceptors (Lipinski definition) is 5. The summed E-state index contributed by atoms with van der Waals surface area (Å²) in [5.41, 5.74) is 4.63. The predicted molar refractivity (Wildman–Crippen MR) is 119 cm³/mol. The SMILES string of the molecule is Cc1ccc(C)c(N2CCN(C(=O)Cn3cccc3-c3nnc(C4CCC4)o3)CC2)c1. The normalized spacial score (nSPS) is 17.1. The molecule has 1 amide bonds. The fraction of sp³-hybridized carbons (Fsp3) is 0.458. The Morgan fingerprint density at radius 2 is 1.90 bits per heavy atom. The second kappa shape index (κ2) is 8.21. The zero-order chi connectivity index (χ0) is 21.4. The van der Waals surface area contributed by atoms with Crippen LogP contribution in [0.4, 0.5) is 5.69 Å². The highest BCUT2D eigenvalue weighted by atomic mass is 16.4. The van der Waals surface area contributed by atoms with Crippen LogP contribution in [0.5, 0.6) is 0 Å². The molecule has 2 fully saturated rings. The summed E-state index contributed by atoms with van der Waals surface area (Å²) in [5, 5.41) is 8.46. The van der Waals surface area contributed by atoms with E-state index in [1.807, 2.05) is 27.8 Å². The van der Waals surface area contributed by atoms with Gasteiger partial charge in [-0.15, -0.1) is 10.2 Å². The van der Waals surface area contributed by atoms with Gasteiger partial charge < -0.3 is 18.8 Å². The van der Waals surface area contributed by atoms with Crippen LogP contribution in [0, 0.1) is 13.8 Å². The van der Waals surface area contributed by atoms with Crippen molar-refractivity contribution < 1.29 is 9.21 Å². The van der Waals surface area contributed by atoms with Crippen LogP contribution in [0.1, 0.15) is 42.2 Å². The van der Waals surface area contributed by atoms with Gasteiger partial charge in [-0.1, -0.05) is 18.6 Å². The minimum atomic E-state index is 0.122. The minimum Gasteiger partial charge on any atom is -0.419 e. The van der Waals surface area contributed by atoms with E-state index >= 15 is 0 Å². The van der Waals surface area contributed by atoms with Crippen molar-refractivity contribution in [2.75, 3.05) is 31.1 Å². The summed E-state index contributed by atoms with van der Waals surface area (Å²) in [7, 11) is 0. The standard InChI is InChI=1S/C24H29N5O2/c1-17-8-9-18(2)21(15-17)27-11-13-28(14-12-27)22(30)16-29-10-4-7-20(29)24-26-25-23(31-24)19-5-3-6-19/h4,7-10,15,19H,3,5-6,11-14,16H2,1-2H3. The van der Waals surface area contributed by atoms with Gasteiger partial charge >= 0.3 is 0 Å². The molecule has 7 nitrogen and oxygen atoms in total. The van der Waals surface area contributed by atoms with Crippen LogP contribution in [-0.2, 0) is 11.3 Å². The number of amides is 1. The molecule has 0 N–H and O–H groups in total. The van der Waals surface area contributed by atoms with Crippen LogP contribution in [-0.4, -0.2) is 51.8 Å². The highest BCUT2D eigenvalue weighted by Gasteiger charge is 2.27. The molecule has 5 rings (SSSR count). The second-order valence-corrected chi connectivity index (χ2v) is 8.75. The molecule has 3 heterocycles. The molecule has 2 aromatic heterocycles. The van der Waals surface area contributed by atoms with Gasteiger partial charge in [0.15, 0.2) is 0 Å². The highest BCUT2D eigenvalue weighted by molar-refractivity contribution is 5.77. The van der Waals surface area contributed by atoms with Crippen molar-refractivity contribution in [2.45, 2.75) is 45.6 Å². The topological polar surface area (TPSA) is 67.4 Å². The van der Waals surface area contributed by atoms with Crippen molar-refractivity contribution in [3.63, 3.8) is 0 Å². The van der Waals surface area contributed by atoms with Gasteiger partial charge in [0.1, 0.15) is 12.2 Å². The lowest BCUT2D eigenvalue weighted by Gasteiger charge is -2.37. The van der Waals surface area contributed by atoms with E-state index in [4.69, 9.17) is 4.42 Å². The molecule has 2 aliphatic rings. The van der Waals surface area contributed by atoms with Crippen LogP contribution >= 0.6 is 0 Å². The van der Waals surface area contributed by atoms with E-state index < -0.39 is 0 Å². The van der Waals surface area contributed by atoms with E-state index in [9.17, 15) is 4.79 Å². The van der Waals surface area contributed by atoms with Gasteiger partial charge in [-0.2, -0.15) is 0 Å². The van der Waals surface area contributed by atoms with Crippen molar-refractivity contribution in [3.05, 3.63) is 53.5 Å². The molecular weight excluding hydrogens is 390 g/mol. The Labute approximate surface area is 182 Å². The third-order valence-corrected chi connectivity index (χ3v) is 6.59. The van der Waals surface area contributed by atoms with Crippen LogP contribution in [0.15, 0.2) is 40.9 Å². The molecule has 0 spiro atoms. The lowest BCUT2D eigenvalue weighted by Crippen LogP contribution is -2.49. The summed E-state index contributed by atoms with van der Waals surface area (Å²) in [6, 6.07) is 10.4. The number of aryl methyl sites for hydroxylation is 2. The maximum atomic E-state index is 13.0. The van der Waals surface area contributed by atoms with Gasteiger partial charge in [0.2, 0.25) is 11.8 Å². The number of carbonyl (C=O) groups is 1. The summed E-state index contributed by atoms with van der Waals surface area (Å²) in [5.74, 6) is 1.75. The van der Waals surface area contributed by atoms with Crippen molar-refractivity contribution in [1.82, 2.24) is 19.7 Å². The maximum Gasteiger partial charge on any atom is 0.264 e. The lowest BCUT2D eigenvalue weighted by molar-refractivity contribution is -0.132. The van der Waals surface area contributed by atoms with Crippen molar-refractivity contribution in [1.29, 1.82) is 0 Å². The highest BCUT2D eigenvalue weighted by Crippen LogP contribution is 2.36. The third kappa shape index (κ3) is 3.96. The molecule has 31 heavy (non-hydrogen) atoms. The Hall–Kier alpha value is -3.09. The first-order valence-electron chi connectivity index (χ1n) is 11.2. The smallest absolute Gasteiger partial charge is 0.264 e. The second-order valence-electron chi connectivity index (χ2n) is 8.75. The summed E-state index contributed by atoms with van der Waals surface area (Å²) in [4.78, 5) is 17.3. The molecule has 0 bridgehead atoms. The van der Waals surface area contributed by atoms with Gasteiger partial charge in [0.25, 0.3) is 5.89 Å². The number of anilines is 1. The van der Waals surface area contributed by atoms with E-state index in [0.29, 0.717) is 11.8 Å². The fourth-order valence-corrected chi connectivity index (χ4v) is 4.41. The van der Waals surface area contributed by atoms with Crippen molar-refractivity contribution in [2.24, 2.45) is 0 Å². The average molecular weight is 420 g/mol. The van der Waals surface area contributed by atoms with Crippen LogP contribution < -0.4 is 4.90 Å². The molecule has 1 aromatic carbocycles. The third-order valence-electron chi connectivity index (χ3n) is 6.59. The van der Waals surface area contributed by atoms with E-state index in [1.165, 1.54) is 23.2 Å². The zero-order valence-corrected chi connectivity index (χ0v) is 18.3. The van der Waals surface area contributed by atoms with E-state index in [1.54, 1.807) is 0 Å². The Kier molecular flexibility index (Phi) is 5.26. The van der Waals surface area contributed by atoms with Crippen LogP contribution in [0.2, 0.25) is 0 Å². The summed E-state index contributed by atoms with van der Waals surface area (Å²) in [6.45, 7) is 7.72. The van der Waals surface area contributed by atoms with Crippen LogP contribution in [0.3, 0.4) is 0 Å². The number of hydrogen-bond donors (Lipinski definition) is 0. The molecule has 1 aliphatic heterocycles. The van der Waals surface area contributed by atoms with Crippen LogP contribution in [0.25, 0.3) is 11.6 Å². The Morgan fingerprint density at radius 3 is 2.65 bits per heavy atom. The number of piperazine rings is 1. The molecule has 0 atom stereocenters. The number of carbonyl (C=O) groups excluding carboxylic acids is 1. The number of benzene rings is 1. The molecule has 7 heteroatoms. The Balaban J connectivity index is 1.22. The first-order chi connectivity index (χ1) is 15.1. The molecule has 1 saturated heterocycles. The molecule has 0 unspecified atom stereocenters. The van der Waals surface area contributed by atoms with Crippen molar-refractivity contribution >= 4 is 11.6 Å². The van der Waals surface area contributed by atoms with E-state index in [0.717, 1.165) is 50.6 Å². The molecule has 1 aliphatic carbocycles. The van der Waals surface area contributed by atoms with Gasteiger partial charge in [-0.05, 0) is 56.0 Å².